The molecule has 0 unspecified atom stereocenters. The number of sulfonamides is 2. The fraction of sp³-hybridized carbons (Fsp3) is 0.500. The standard InChI is InChI=1S/C18H26N4O4S2/c1-13-6-7-14(2)17(12-13)27(23,24)21-8-5-9-22(11-10-21)28(25,26)18-15(3)19-20-16(18)4/h6-7,12H,5,8-11H2,1-4H3,(H,19,20). The second-order valence-electron chi connectivity index (χ2n) is 7.19. The van der Waals surface area contributed by atoms with Crippen molar-refractivity contribution in [2.45, 2.75) is 43.9 Å². The Morgan fingerprint density at radius 1 is 0.893 bits per heavy atom. The van der Waals surface area contributed by atoms with E-state index < -0.39 is 20.0 Å². The van der Waals surface area contributed by atoms with Crippen molar-refractivity contribution in [2.75, 3.05) is 26.2 Å². The molecule has 0 aliphatic carbocycles. The van der Waals surface area contributed by atoms with Gasteiger partial charge in [0.2, 0.25) is 20.0 Å². The molecule has 1 aromatic carbocycles. The summed E-state index contributed by atoms with van der Waals surface area (Å²) < 4.78 is 55.2. The van der Waals surface area contributed by atoms with Crippen molar-refractivity contribution >= 4 is 20.0 Å². The van der Waals surface area contributed by atoms with E-state index in [4.69, 9.17) is 0 Å². The van der Waals surface area contributed by atoms with Crippen LogP contribution in [0.1, 0.15) is 28.9 Å². The molecule has 0 spiro atoms. The van der Waals surface area contributed by atoms with Crippen molar-refractivity contribution in [3.63, 3.8) is 0 Å². The predicted octanol–water partition coefficient (Wildman–Crippen LogP) is 1.73. The van der Waals surface area contributed by atoms with Gasteiger partial charge in [-0.3, -0.25) is 5.10 Å². The zero-order valence-corrected chi connectivity index (χ0v) is 18.2. The molecule has 1 aliphatic rings. The van der Waals surface area contributed by atoms with E-state index >= 15 is 0 Å². The van der Waals surface area contributed by atoms with Crippen LogP contribution in [0.3, 0.4) is 0 Å². The number of benzene rings is 1. The number of hydrogen-bond acceptors (Lipinski definition) is 5. The van der Waals surface area contributed by atoms with Gasteiger partial charge in [0.05, 0.1) is 16.3 Å². The molecular formula is C18H26N4O4S2. The Morgan fingerprint density at radius 3 is 2.07 bits per heavy atom. The lowest BCUT2D eigenvalue weighted by Gasteiger charge is -2.22. The van der Waals surface area contributed by atoms with Crippen LogP contribution >= 0.6 is 0 Å². The maximum atomic E-state index is 13.1. The largest absolute Gasteiger partial charge is 0.281 e. The van der Waals surface area contributed by atoms with E-state index in [1.54, 1.807) is 32.9 Å². The van der Waals surface area contributed by atoms with Gasteiger partial charge in [-0.15, -0.1) is 0 Å². The van der Waals surface area contributed by atoms with Crippen molar-refractivity contribution in [3.8, 4) is 0 Å². The van der Waals surface area contributed by atoms with Gasteiger partial charge < -0.3 is 0 Å². The highest BCUT2D eigenvalue weighted by Gasteiger charge is 2.34. The van der Waals surface area contributed by atoms with Crippen molar-refractivity contribution in [1.82, 2.24) is 18.8 Å². The second kappa shape index (κ2) is 7.58. The van der Waals surface area contributed by atoms with E-state index in [0.717, 1.165) is 5.56 Å². The molecule has 8 nitrogen and oxygen atoms in total. The van der Waals surface area contributed by atoms with Gasteiger partial charge in [0, 0.05) is 26.2 Å². The molecule has 1 fully saturated rings. The molecule has 0 radical (unpaired) electrons. The minimum absolute atomic E-state index is 0.108. The first-order chi connectivity index (χ1) is 13.0. The highest BCUT2D eigenvalue weighted by molar-refractivity contribution is 7.89. The van der Waals surface area contributed by atoms with Gasteiger partial charge in [0.15, 0.2) is 0 Å². The molecule has 0 bridgehead atoms. The molecule has 28 heavy (non-hydrogen) atoms. The van der Waals surface area contributed by atoms with E-state index in [1.807, 2.05) is 13.0 Å². The molecule has 0 amide bonds. The van der Waals surface area contributed by atoms with Crippen molar-refractivity contribution in [2.24, 2.45) is 0 Å². The third kappa shape index (κ3) is 3.73. The van der Waals surface area contributed by atoms with Crippen LogP contribution in [0, 0.1) is 27.7 Å². The number of H-pyrrole nitrogens is 1. The molecule has 2 heterocycles. The minimum atomic E-state index is -3.73. The van der Waals surface area contributed by atoms with Crippen molar-refractivity contribution in [1.29, 1.82) is 0 Å². The zero-order chi connectivity index (χ0) is 20.7. The Morgan fingerprint density at radius 2 is 1.50 bits per heavy atom. The smallest absolute Gasteiger partial charge is 0.246 e. The average molecular weight is 427 g/mol. The van der Waals surface area contributed by atoms with Gasteiger partial charge >= 0.3 is 0 Å². The van der Waals surface area contributed by atoms with E-state index in [2.05, 4.69) is 10.2 Å². The minimum Gasteiger partial charge on any atom is -0.281 e. The highest BCUT2D eigenvalue weighted by atomic mass is 32.2. The lowest BCUT2D eigenvalue weighted by Crippen LogP contribution is -2.37. The number of aromatic amines is 1. The van der Waals surface area contributed by atoms with E-state index in [1.165, 1.54) is 8.61 Å². The Hall–Kier alpha value is -1.75. The van der Waals surface area contributed by atoms with Crippen molar-refractivity contribution in [3.05, 3.63) is 40.7 Å². The fourth-order valence-corrected chi connectivity index (χ4v) is 7.11. The quantitative estimate of drug-likeness (QED) is 0.802. The van der Waals surface area contributed by atoms with E-state index in [-0.39, 0.29) is 36.0 Å². The van der Waals surface area contributed by atoms with Crippen LogP contribution in [0.4, 0.5) is 0 Å². The van der Waals surface area contributed by atoms with Gasteiger partial charge in [0.25, 0.3) is 0 Å². The molecule has 1 N–H and O–H groups in total. The number of rotatable bonds is 4. The molecule has 0 saturated carbocycles. The van der Waals surface area contributed by atoms with Gasteiger partial charge in [-0.2, -0.15) is 13.7 Å². The van der Waals surface area contributed by atoms with Crippen LogP contribution < -0.4 is 0 Å². The van der Waals surface area contributed by atoms with E-state index in [9.17, 15) is 16.8 Å². The zero-order valence-electron chi connectivity index (χ0n) is 16.6. The molecule has 2 aromatic rings. The Labute approximate surface area is 166 Å². The lowest BCUT2D eigenvalue weighted by molar-refractivity contribution is 0.404. The monoisotopic (exact) mass is 426 g/mol. The summed E-state index contributed by atoms with van der Waals surface area (Å²) in [5, 5.41) is 6.68. The van der Waals surface area contributed by atoms with Crippen LogP contribution in [0.25, 0.3) is 0 Å². The second-order valence-corrected chi connectivity index (χ2v) is 11.0. The maximum Gasteiger partial charge on any atom is 0.246 e. The van der Waals surface area contributed by atoms with Gasteiger partial charge in [-0.1, -0.05) is 12.1 Å². The molecule has 1 aromatic heterocycles. The molecule has 3 rings (SSSR count). The number of nitrogens with one attached hydrogen (secondary N) is 1. The predicted molar refractivity (Wildman–Crippen MR) is 106 cm³/mol. The third-order valence-corrected chi connectivity index (χ3v) is 9.24. The summed E-state index contributed by atoms with van der Waals surface area (Å²) in [4.78, 5) is 0.462. The van der Waals surface area contributed by atoms with Gasteiger partial charge in [0.1, 0.15) is 4.90 Å². The normalized spacial score (nSPS) is 17.6. The number of hydrogen-bond donors (Lipinski definition) is 1. The van der Waals surface area contributed by atoms with Gasteiger partial charge in [-0.05, 0) is 51.3 Å². The Balaban J connectivity index is 1.87. The SMILES string of the molecule is Cc1ccc(C)c(S(=O)(=O)N2CCCN(S(=O)(=O)c3c(C)n[nH]c3C)CC2)c1. The number of aryl methyl sites for hydroxylation is 4. The summed E-state index contributed by atoms with van der Waals surface area (Å²) in [6, 6.07) is 5.34. The highest BCUT2D eigenvalue weighted by Crippen LogP contribution is 2.26. The van der Waals surface area contributed by atoms with Crippen LogP contribution in [0.5, 0.6) is 0 Å². The molecule has 1 aliphatic heterocycles. The Kier molecular flexibility index (Phi) is 5.68. The summed E-state index contributed by atoms with van der Waals surface area (Å²) in [6.45, 7) is 7.71. The summed E-state index contributed by atoms with van der Waals surface area (Å²) in [7, 11) is -7.42. The molecule has 154 valence electrons. The first kappa shape index (κ1) is 21.0. The van der Waals surface area contributed by atoms with Crippen LogP contribution in [-0.2, 0) is 20.0 Å². The van der Waals surface area contributed by atoms with Crippen LogP contribution in [0.15, 0.2) is 28.0 Å². The van der Waals surface area contributed by atoms with Crippen molar-refractivity contribution < 1.29 is 16.8 Å². The lowest BCUT2D eigenvalue weighted by atomic mass is 10.2. The fourth-order valence-electron chi connectivity index (χ4n) is 3.52. The average Bonchev–Trinajstić information content (AvgIpc) is 2.83. The first-order valence-electron chi connectivity index (χ1n) is 9.14. The topological polar surface area (TPSA) is 103 Å². The molecule has 0 atom stereocenters. The van der Waals surface area contributed by atoms with Gasteiger partial charge in [-0.25, -0.2) is 16.8 Å². The van der Waals surface area contributed by atoms with E-state index in [0.29, 0.717) is 23.4 Å². The molecular weight excluding hydrogens is 400 g/mol. The summed E-state index contributed by atoms with van der Waals surface area (Å²) in [6.07, 6.45) is 0.430. The summed E-state index contributed by atoms with van der Waals surface area (Å²) in [5.74, 6) is 0. The molecule has 1 saturated heterocycles. The first-order valence-corrected chi connectivity index (χ1v) is 12.0. The summed E-state index contributed by atoms with van der Waals surface area (Å²) in [5.41, 5.74) is 2.46. The number of aromatic nitrogens is 2. The number of nitrogens with zero attached hydrogens (tertiary/aromatic N) is 3. The third-order valence-electron chi connectivity index (χ3n) is 5.03. The summed E-state index contributed by atoms with van der Waals surface area (Å²) >= 11 is 0. The maximum absolute atomic E-state index is 13.1. The Bertz CT molecular complexity index is 1070. The molecule has 10 heteroatoms. The van der Waals surface area contributed by atoms with Crippen LogP contribution in [-0.4, -0.2) is 61.8 Å². The van der Waals surface area contributed by atoms with Crippen LogP contribution in [0.2, 0.25) is 0 Å².